The Bertz CT molecular complexity index is 1180. The van der Waals surface area contributed by atoms with Crippen molar-refractivity contribution in [3.63, 3.8) is 0 Å². The molecular formula is C25H36N6O4. The van der Waals surface area contributed by atoms with Gasteiger partial charge in [-0.05, 0) is 62.8 Å². The number of amides is 1. The van der Waals surface area contributed by atoms with Crippen LogP contribution in [-0.2, 0) is 22.6 Å². The number of aryl methyl sites for hydroxylation is 1. The van der Waals surface area contributed by atoms with Crippen LogP contribution in [0.1, 0.15) is 37.7 Å². The second-order valence-corrected chi connectivity index (χ2v) is 9.34. The van der Waals surface area contributed by atoms with E-state index in [0.717, 1.165) is 48.2 Å². The van der Waals surface area contributed by atoms with Gasteiger partial charge >= 0.3 is 5.69 Å². The van der Waals surface area contributed by atoms with Crippen LogP contribution in [0.2, 0.25) is 0 Å². The van der Waals surface area contributed by atoms with Crippen molar-refractivity contribution in [2.24, 2.45) is 0 Å². The number of anilines is 4. The van der Waals surface area contributed by atoms with E-state index in [1.54, 1.807) is 0 Å². The Kier molecular flexibility index (Phi) is 7.80. The average Bonchev–Trinajstić information content (AvgIpc) is 3.39. The number of rotatable bonds is 8. The molecule has 35 heavy (non-hydrogen) atoms. The number of methoxy groups -OCH3 is 1. The second-order valence-electron chi connectivity index (χ2n) is 9.34. The highest BCUT2D eigenvalue weighted by molar-refractivity contribution is 5.91. The third kappa shape index (κ3) is 5.37. The van der Waals surface area contributed by atoms with Gasteiger partial charge in [0, 0.05) is 44.7 Å². The number of carbonyl (C=O) groups excluding carboxylic acids is 1. The maximum atomic E-state index is 13.4. The molecule has 4 rings (SSSR count). The second kappa shape index (κ2) is 11.0. The summed E-state index contributed by atoms with van der Waals surface area (Å²) in [7, 11) is 1.54. The van der Waals surface area contributed by atoms with E-state index in [-0.39, 0.29) is 25.5 Å². The monoisotopic (exact) mass is 484 g/mol. The minimum Gasteiger partial charge on any atom is -0.383 e. The van der Waals surface area contributed by atoms with Crippen molar-refractivity contribution in [3.05, 3.63) is 44.6 Å². The topological polar surface area (TPSA) is 115 Å². The molecule has 190 valence electrons. The van der Waals surface area contributed by atoms with E-state index >= 15 is 0 Å². The van der Waals surface area contributed by atoms with E-state index in [2.05, 4.69) is 16.3 Å². The van der Waals surface area contributed by atoms with Gasteiger partial charge in [-0.15, -0.1) is 0 Å². The number of nitrogens with zero attached hydrogens (tertiary/aromatic N) is 4. The smallest absolute Gasteiger partial charge is 0.333 e. The number of nitrogen functional groups attached to an aromatic ring is 1. The van der Waals surface area contributed by atoms with Crippen LogP contribution in [0.15, 0.2) is 27.8 Å². The zero-order valence-electron chi connectivity index (χ0n) is 20.7. The van der Waals surface area contributed by atoms with Gasteiger partial charge in [0.25, 0.3) is 5.56 Å². The molecule has 3 N–H and O–H groups in total. The Labute approximate surface area is 205 Å². The van der Waals surface area contributed by atoms with Crippen molar-refractivity contribution < 1.29 is 9.53 Å². The lowest BCUT2D eigenvalue weighted by Crippen LogP contribution is -2.47. The Morgan fingerprint density at radius 1 is 1.00 bits per heavy atom. The summed E-state index contributed by atoms with van der Waals surface area (Å²) in [4.78, 5) is 43.8. The molecule has 3 heterocycles. The van der Waals surface area contributed by atoms with Crippen molar-refractivity contribution in [1.82, 2.24) is 9.13 Å². The van der Waals surface area contributed by atoms with Crippen LogP contribution in [0.3, 0.4) is 0 Å². The number of carbonyl (C=O) groups is 1. The summed E-state index contributed by atoms with van der Waals surface area (Å²) in [5, 5.41) is 2.87. The molecular weight excluding hydrogens is 448 g/mol. The third-order valence-electron chi connectivity index (χ3n) is 6.89. The number of aromatic nitrogens is 2. The number of hydrogen-bond acceptors (Lipinski definition) is 7. The fourth-order valence-corrected chi connectivity index (χ4v) is 4.95. The molecule has 0 radical (unpaired) electrons. The Balaban J connectivity index is 1.60. The first kappa shape index (κ1) is 24.8. The van der Waals surface area contributed by atoms with Crippen LogP contribution in [0.5, 0.6) is 0 Å². The SMILES string of the molecule is COCCn1c(N)c(N2CCCCC2)c(=O)n(CC(=O)Nc2ccc(N3CCCC3)cc2C)c1=O. The molecule has 0 unspecified atom stereocenters. The predicted octanol–water partition coefficient (Wildman–Crippen LogP) is 1.78. The number of benzene rings is 1. The van der Waals surface area contributed by atoms with E-state index in [1.165, 1.54) is 24.5 Å². The molecule has 0 aliphatic carbocycles. The van der Waals surface area contributed by atoms with Gasteiger partial charge in [0.15, 0.2) is 0 Å². The van der Waals surface area contributed by atoms with E-state index < -0.39 is 17.2 Å². The average molecular weight is 485 g/mol. The Morgan fingerprint density at radius 2 is 1.66 bits per heavy atom. The molecule has 0 saturated carbocycles. The van der Waals surface area contributed by atoms with Gasteiger partial charge in [-0.2, -0.15) is 0 Å². The lowest BCUT2D eigenvalue weighted by atomic mass is 10.1. The highest BCUT2D eigenvalue weighted by atomic mass is 16.5. The van der Waals surface area contributed by atoms with Gasteiger partial charge in [0.2, 0.25) is 5.91 Å². The summed E-state index contributed by atoms with van der Waals surface area (Å²) < 4.78 is 7.45. The lowest BCUT2D eigenvalue weighted by Gasteiger charge is -2.30. The van der Waals surface area contributed by atoms with E-state index in [9.17, 15) is 14.4 Å². The molecule has 2 aliphatic heterocycles. The first-order chi connectivity index (χ1) is 16.9. The van der Waals surface area contributed by atoms with Crippen LogP contribution >= 0.6 is 0 Å². The van der Waals surface area contributed by atoms with Crippen LogP contribution in [0.25, 0.3) is 0 Å². The maximum absolute atomic E-state index is 13.4. The van der Waals surface area contributed by atoms with Gasteiger partial charge < -0.3 is 25.6 Å². The maximum Gasteiger partial charge on any atom is 0.333 e. The first-order valence-electron chi connectivity index (χ1n) is 12.4. The summed E-state index contributed by atoms with van der Waals surface area (Å²) in [6.07, 6.45) is 5.36. The normalized spacial score (nSPS) is 16.1. The highest BCUT2D eigenvalue weighted by Gasteiger charge is 2.24. The van der Waals surface area contributed by atoms with Crippen LogP contribution in [0.4, 0.5) is 22.9 Å². The number of piperidine rings is 1. The van der Waals surface area contributed by atoms with Gasteiger partial charge in [0.1, 0.15) is 18.1 Å². The van der Waals surface area contributed by atoms with Crippen molar-refractivity contribution in [2.45, 2.75) is 52.1 Å². The summed E-state index contributed by atoms with van der Waals surface area (Å²) in [6, 6.07) is 5.93. The lowest BCUT2D eigenvalue weighted by molar-refractivity contribution is -0.116. The molecule has 2 aliphatic rings. The number of nitrogens with two attached hydrogens (primary N) is 1. The van der Waals surface area contributed by atoms with Crippen LogP contribution in [-0.4, -0.2) is 54.9 Å². The van der Waals surface area contributed by atoms with Crippen LogP contribution in [0, 0.1) is 6.92 Å². The van der Waals surface area contributed by atoms with E-state index in [1.807, 2.05) is 24.0 Å². The zero-order chi connectivity index (χ0) is 24.9. The molecule has 1 aromatic carbocycles. The predicted molar refractivity (Wildman–Crippen MR) is 139 cm³/mol. The minimum atomic E-state index is -0.610. The van der Waals surface area contributed by atoms with Gasteiger partial charge in [-0.3, -0.25) is 14.2 Å². The van der Waals surface area contributed by atoms with Crippen molar-refractivity contribution >= 4 is 28.8 Å². The molecule has 2 aromatic rings. The largest absolute Gasteiger partial charge is 0.383 e. The molecule has 1 aromatic heterocycles. The molecule has 1 amide bonds. The Morgan fingerprint density at radius 3 is 2.31 bits per heavy atom. The molecule has 0 spiro atoms. The molecule has 0 atom stereocenters. The molecule has 2 fully saturated rings. The quantitative estimate of drug-likeness (QED) is 0.587. The Hall–Kier alpha value is -3.27. The summed E-state index contributed by atoms with van der Waals surface area (Å²) in [5.74, 6) is -0.308. The first-order valence-corrected chi connectivity index (χ1v) is 12.4. The van der Waals surface area contributed by atoms with Crippen molar-refractivity contribution in [1.29, 1.82) is 0 Å². The standard InChI is InChI=1S/C25H36N6O4/c1-18-16-19(28-10-6-7-11-28)8-9-20(18)27-21(32)17-31-24(33)22(29-12-4-3-5-13-29)23(26)30(25(31)34)14-15-35-2/h8-9,16H,3-7,10-15,17,26H2,1-2H3,(H,27,32). The number of hydrogen-bond donors (Lipinski definition) is 2. The van der Waals surface area contributed by atoms with Gasteiger partial charge in [-0.25, -0.2) is 9.36 Å². The fourth-order valence-electron chi connectivity index (χ4n) is 4.95. The summed E-state index contributed by atoms with van der Waals surface area (Å²) >= 11 is 0. The summed E-state index contributed by atoms with van der Waals surface area (Å²) in [6.45, 7) is 5.47. The van der Waals surface area contributed by atoms with Crippen molar-refractivity contribution in [3.8, 4) is 0 Å². The van der Waals surface area contributed by atoms with Crippen molar-refractivity contribution in [2.75, 3.05) is 60.7 Å². The molecule has 2 saturated heterocycles. The molecule has 0 bridgehead atoms. The molecule has 10 heteroatoms. The van der Waals surface area contributed by atoms with Gasteiger partial charge in [-0.1, -0.05) is 0 Å². The van der Waals surface area contributed by atoms with Gasteiger partial charge in [0.05, 0.1) is 13.2 Å². The number of ether oxygens (including phenoxy) is 1. The van der Waals surface area contributed by atoms with E-state index in [0.29, 0.717) is 24.5 Å². The highest BCUT2D eigenvalue weighted by Crippen LogP contribution is 2.26. The zero-order valence-corrected chi connectivity index (χ0v) is 20.7. The minimum absolute atomic E-state index is 0.129. The third-order valence-corrected chi connectivity index (χ3v) is 6.89. The molecule has 10 nitrogen and oxygen atoms in total. The number of nitrogens with one attached hydrogen (secondary N) is 1. The van der Waals surface area contributed by atoms with E-state index in [4.69, 9.17) is 10.5 Å². The summed E-state index contributed by atoms with van der Waals surface area (Å²) in [5.41, 5.74) is 8.20. The van der Waals surface area contributed by atoms with Crippen LogP contribution < -0.4 is 32.1 Å². The fraction of sp³-hybridized carbons (Fsp3) is 0.560.